The van der Waals surface area contributed by atoms with Crippen LogP contribution in [0.1, 0.15) is 11.6 Å². The molecule has 1 aliphatic rings. The van der Waals surface area contributed by atoms with Gasteiger partial charge in [-0.15, -0.1) is 5.10 Å². The lowest BCUT2D eigenvalue weighted by atomic mass is 10.1. The molecular weight excluding hydrogens is 406 g/mol. The highest BCUT2D eigenvalue weighted by Crippen LogP contribution is 2.27. The molecule has 3 aromatic carbocycles. The molecule has 7 heteroatoms. The van der Waals surface area contributed by atoms with Crippen molar-refractivity contribution in [3.05, 3.63) is 96.6 Å². The molecule has 4 aromatic rings. The van der Waals surface area contributed by atoms with Gasteiger partial charge in [0.15, 0.2) is 16.8 Å². The molecular formula is C24H19N5OS. The van der Waals surface area contributed by atoms with Crippen molar-refractivity contribution in [1.82, 2.24) is 25.4 Å². The minimum absolute atomic E-state index is 0.169. The number of thiocarbonyl (C=S) groups is 1. The third kappa shape index (κ3) is 3.91. The van der Waals surface area contributed by atoms with Crippen molar-refractivity contribution in [2.75, 3.05) is 0 Å². The van der Waals surface area contributed by atoms with Crippen molar-refractivity contribution in [3.63, 3.8) is 0 Å². The van der Waals surface area contributed by atoms with E-state index in [-0.39, 0.29) is 11.8 Å². The fourth-order valence-corrected chi connectivity index (χ4v) is 3.71. The van der Waals surface area contributed by atoms with Crippen LogP contribution in [0.25, 0.3) is 28.6 Å². The summed E-state index contributed by atoms with van der Waals surface area (Å²) in [6.07, 6.45) is 2.01. The Hall–Kier alpha value is -3.97. The number of hydrogen-bond donors (Lipinski definition) is 3. The van der Waals surface area contributed by atoms with Crippen LogP contribution in [0.4, 0.5) is 0 Å². The average molecular weight is 426 g/mol. The van der Waals surface area contributed by atoms with Gasteiger partial charge in [-0.1, -0.05) is 72.8 Å². The zero-order chi connectivity index (χ0) is 21.2. The highest BCUT2D eigenvalue weighted by Gasteiger charge is 2.23. The van der Waals surface area contributed by atoms with Crippen molar-refractivity contribution >= 4 is 23.2 Å². The first kappa shape index (κ1) is 19.0. The topological polar surface area (TPSA) is 75.0 Å². The number of nitrogens with zero attached hydrogens (tertiary/aromatic N) is 3. The Morgan fingerprint density at radius 2 is 1.48 bits per heavy atom. The molecule has 152 valence electrons. The summed E-state index contributed by atoms with van der Waals surface area (Å²) in [6.45, 7) is 0. The molecule has 1 aromatic heterocycles. The van der Waals surface area contributed by atoms with Gasteiger partial charge < -0.3 is 15.7 Å². The van der Waals surface area contributed by atoms with E-state index in [1.807, 2.05) is 78.9 Å². The third-order valence-electron chi connectivity index (χ3n) is 5.00. The van der Waals surface area contributed by atoms with E-state index in [1.54, 1.807) is 16.8 Å². The second-order valence-corrected chi connectivity index (χ2v) is 7.53. The van der Waals surface area contributed by atoms with E-state index in [0.29, 0.717) is 16.8 Å². The van der Waals surface area contributed by atoms with Crippen LogP contribution in [0, 0.1) is 0 Å². The molecule has 3 N–H and O–H groups in total. The number of aromatic hydroxyl groups is 1. The summed E-state index contributed by atoms with van der Waals surface area (Å²) < 4.78 is 1.79. The van der Waals surface area contributed by atoms with E-state index in [4.69, 9.17) is 22.3 Å². The smallest absolute Gasteiger partial charge is 0.182 e. The van der Waals surface area contributed by atoms with E-state index in [0.717, 1.165) is 22.5 Å². The van der Waals surface area contributed by atoms with Gasteiger partial charge in [0.2, 0.25) is 0 Å². The first-order chi connectivity index (χ1) is 15.2. The molecule has 1 atom stereocenters. The first-order valence-electron chi connectivity index (χ1n) is 9.84. The number of phenols is 1. The number of aromatic nitrogens is 3. The predicted octanol–water partition coefficient (Wildman–Crippen LogP) is 4.34. The quantitative estimate of drug-likeness (QED) is 0.423. The Bertz CT molecular complexity index is 1250. The first-order valence-corrected chi connectivity index (χ1v) is 10.2. The zero-order valence-electron chi connectivity index (χ0n) is 16.4. The van der Waals surface area contributed by atoms with E-state index < -0.39 is 0 Å². The summed E-state index contributed by atoms with van der Waals surface area (Å²) in [6, 6.07) is 26.7. The highest BCUT2D eigenvalue weighted by atomic mass is 32.1. The third-order valence-corrected chi connectivity index (χ3v) is 5.22. The van der Waals surface area contributed by atoms with Crippen molar-refractivity contribution in [2.24, 2.45) is 0 Å². The molecule has 0 spiro atoms. The Morgan fingerprint density at radius 1 is 0.839 bits per heavy atom. The molecule has 0 saturated carbocycles. The Kier molecular flexibility index (Phi) is 4.93. The summed E-state index contributed by atoms with van der Waals surface area (Å²) in [7, 11) is 0. The summed E-state index contributed by atoms with van der Waals surface area (Å²) in [5.74, 6) is 2.29. The van der Waals surface area contributed by atoms with Crippen molar-refractivity contribution in [1.29, 1.82) is 0 Å². The number of benzene rings is 3. The summed E-state index contributed by atoms with van der Waals surface area (Å²) in [4.78, 5) is 4.83. The number of rotatable bonds is 4. The van der Waals surface area contributed by atoms with Gasteiger partial charge in [-0.25, -0.2) is 4.98 Å². The van der Waals surface area contributed by atoms with Gasteiger partial charge in [-0.05, 0) is 36.0 Å². The fraction of sp³-hybridized carbons (Fsp3) is 0.0417. The standard InChI is InChI=1S/C24H19N5OS/c30-19-13-11-16(12-14-19)20-15-21(26-24(31)25-20)29-23(18-9-5-2-6-10-18)27-22(28-29)17-7-3-1-4-8-17/h1-15,20,30H,(H2,25,26,31). The number of hydrogen-bond acceptors (Lipinski definition) is 4. The molecule has 0 radical (unpaired) electrons. The largest absolute Gasteiger partial charge is 0.508 e. The van der Waals surface area contributed by atoms with Gasteiger partial charge in [0.1, 0.15) is 11.6 Å². The van der Waals surface area contributed by atoms with Crippen molar-refractivity contribution < 1.29 is 5.11 Å². The number of phenolic OH excluding ortho intramolecular Hbond substituents is 1. The van der Waals surface area contributed by atoms with Gasteiger partial charge in [-0.2, -0.15) is 4.68 Å². The van der Waals surface area contributed by atoms with E-state index in [1.165, 1.54) is 0 Å². The van der Waals surface area contributed by atoms with Crippen LogP contribution in [0.15, 0.2) is 91.0 Å². The van der Waals surface area contributed by atoms with E-state index in [2.05, 4.69) is 10.6 Å². The molecule has 0 fully saturated rings. The van der Waals surface area contributed by atoms with Gasteiger partial charge in [-0.3, -0.25) is 0 Å². The lowest BCUT2D eigenvalue weighted by Gasteiger charge is -2.26. The van der Waals surface area contributed by atoms with Crippen LogP contribution < -0.4 is 10.6 Å². The second-order valence-electron chi connectivity index (χ2n) is 7.12. The average Bonchev–Trinajstić information content (AvgIpc) is 3.26. The van der Waals surface area contributed by atoms with Crippen LogP contribution in [0.5, 0.6) is 5.75 Å². The maximum Gasteiger partial charge on any atom is 0.182 e. The van der Waals surface area contributed by atoms with Crippen LogP contribution in [-0.2, 0) is 0 Å². The Morgan fingerprint density at radius 3 is 2.16 bits per heavy atom. The Balaban J connectivity index is 1.63. The van der Waals surface area contributed by atoms with Gasteiger partial charge in [0.25, 0.3) is 0 Å². The molecule has 0 saturated heterocycles. The molecule has 0 bridgehead atoms. The molecule has 1 aliphatic heterocycles. The maximum atomic E-state index is 9.61. The summed E-state index contributed by atoms with van der Waals surface area (Å²) in [5, 5.41) is 21.4. The lowest BCUT2D eigenvalue weighted by molar-refractivity contribution is 0.475. The highest BCUT2D eigenvalue weighted by molar-refractivity contribution is 7.80. The molecule has 31 heavy (non-hydrogen) atoms. The van der Waals surface area contributed by atoms with Crippen molar-refractivity contribution in [3.8, 4) is 28.5 Å². The zero-order valence-corrected chi connectivity index (χ0v) is 17.3. The molecule has 5 rings (SSSR count). The normalized spacial score (nSPS) is 15.7. The minimum atomic E-state index is -0.169. The molecule has 6 nitrogen and oxygen atoms in total. The van der Waals surface area contributed by atoms with Crippen LogP contribution in [0.3, 0.4) is 0 Å². The lowest BCUT2D eigenvalue weighted by Crippen LogP contribution is -2.42. The SMILES string of the molecule is Oc1ccc(C2C=C(n3nc(-c4ccccc4)nc3-c3ccccc3)NC(=S)N2)cc1. The molecule has 0 amide bonds. The van der Waals surface area contributed by atoms with Crippen LogP contribution in [-0.4, -0.2) is 25.0 Å². The van der Waals surface area contributed by atoms with E-state index >= 15 is 0 Å². The molecule has 1 unspecified atom stereocenters. The predicted molar refractivity (Wildman–Crippen MR) is 125 cm³/mol. The summed E-state index contributed by atoms with van der Waals surface area (Å²) >= 11 is 5.47. The molecule has 0 aliphatic carbocycles. The van der Waals surface area contributed by atoms with Gasteiger partial charge in [0.05, 0.1) is 6.04 Å². The van der Waals surface area contributed by atoms with Crippen LogP contribution in [0.2, 0.25) is 0 Å². The van der Waals surface area contributed by atoms with E-state index in [9.17, 15) is 5.11 Å². The van der Waals surface area contributed by atoms with Crippen LogP contribution >= 0.6 is 12.2 Å². The Labute approximate surface area is 184 Å². The number of nitrogens with one attached hydrogen (secondary N) is 2. The molecule has 2 heterocycles. The summed E-state index contributed by atoms with van der Waals surface area (Å²) in [5.41, 5.74) is 2.86. The monoisotopic (exact) mass is 425 g/mol. The maximum absolute atomic E-state index is 9.61. The van der Waals surface area contributed by atoms with Gasteiger partial charge >= 0.3 is 0 Å². The fourth-order valence-electron chi connectivity index (χ4n) is 3.48. The van der Waals surface area contributed by atoms with Gasteiger partial charge in [0, 0.05) is 11.1 Å². The second kappa shape index (κ2) is 8.04. The minimum Gasteiger partial charge on any atom is -0.508 e. The van der Waals surface area contributed by atoms with Crippen molar-refractivity contribution in [2.45, 2.75) is 6.04 Å².